The van der Waals surface area contributed by atoms with Crippen LogP contribution in [-0.4, -0.2) is 23.9 Å². The summed E-state index contributed by atoms with van der Waals surface area (Å²) in [6, 6.07) is 11.3. The van der Waals surface area contributed by atoms with E-state index >= 15 is 0 Å². The van der Waals surface area contributed by atoms with E-state index in [1.165, 1.54) is 24.3 Å². The van der Waals surface area contributed by atoms with Gasteiger partial charge in [0, 0.05) is 25.1 Å². The summed E-state index contributed by atoms with van der Waals surface area (Å²) in [7, 11) is 0. The number of benzene rings is 2. The van der Waals surface area contributed by atoms with Crippen molar-refractivity contribution in [3.05, 3.63) is 64.2 Å². The second kappa shape index (κ2) is 8.38. The Bertz CT molecular complexity index is 896. The summed E-state index contributed by atoms with van der Waals surface area (Å²) in [6.45, 7) is 0.865. The van der Waals surface area contributed by atoms with Gasteiger partial charge in [0.1, 0.15) is 5.69 Å². The Morgan fingerprint density at radius 1 is 1.07 bits per heavy atom. The van der Waals surface area contributed by atoms with Gasteiger partial charge in [-0.1, -0.05) is 24.3 Å². The van der Waals surface area contributed by atoms with E-state index in [9.17, 15) is 28.1 Å². The maximum Gasteiger partial charge on any atom is 0.418 e. The van der Waals surface area contributed by atoms with Crippen LogP contribution in [0.4, 0.5) is 30.2 Å². The predicted molar refractivity (Wildman–Crippen MR) is 101 cm³/mol. The lowest BCUT2D eigenvalue weighted by Gasteiger charge is -2.32. The SMILES string of the molecule is O=C(NNc1ccccc1C(F)(F)F)C1CCN(c2ccccc2[N+](=O)[O-])CC1. The topological polar surface area (TPSA) is 87.5 Å². The third-order valence-corrected chi connectivity index (χ3v) is 4.84. The van der Waals surface area contributed by atoms with Gasteiger partial charge in [0.25, 0.3) is 5.69 Å². The molecule has 154 valence electrons. The average Bonchev–Trinajstić information content (AvgIpc) is 2.71. The summed E-state index contributed by atoms with van der Waals surface area (Å²) in [5.74, 6) is -0.816. The fraction of sp³-hybridized carbons (Fsp3) is 0.316. The van der Waals surface area contributed by atoms with E-state index in [4.69, 9.17) is 0 Å². The molecule has 0 unspecified atom stereocenters. The first-order valence-electron chi connectivity index (χ1n) is 8.98. The summed E-state index contributed by atoms with van der Waals surface area (Å²) in [5.41, 5.74) is 4.11. The van der Waals surface area contributed by atoms with Crippen LogP contribution in [0, 0.1) is 16.0 Å². The van der Waals surface area contributed by atoms with Gasteiger partial charge in [0.15, 0.2) is 0 Å². The van der Waals surface area contributed by atoms with E-state index in [-0.39, 0.29) is 11.4 Å². The maximum atomic E-state index is 13.0. The van der Waals surface area contributed by atoms with Crippen LogP contribution < -0.4 is 15.8 Å². The summed E-state index contributed by atoms with van der Waals surface area (Å²) >= 11 is 0. The molecule has 0 bridgehead atoms. The van der Waals surface area contributed by atoms with Crippen LogP contribution in [0.15, 0.2) is 48.5 Å². The molecule has 1 aliphatic heterocycles. The van der Waals surface area contributed by atoms with Gasteiger partial charge in [-0.3, -0.25) is 25.8 Å². The molecule has 0 aromatic heterocycles. The van der Waals surface area contributed by atoms with Crippen LogP contribution in [0.2, 0.25) is 0 Å². The number of hydrazine groups is 1. The Morgan fingerprint density at radius 2 is 1.69 bits per heavy atom. The van der Waals surface area contributed by atoms with E-state index in [1.54, 1.807) is 18.2 Å². The molecule has 1 aliphatic rings. The number of piperidine rings is 1. The molecule has 0 saturated carbocycles. The van der Waals surface area contributed by atoms with Gasteiger partial charge >= 0.3 is 6.18 Å². The van der Waals surface area contributed by atoms with Crippen molar-refractivity contribution in [3.63, 3.8) is 0 Å². The molecule has 10 heteroatoms. The molecule has 2 N–H and O–H groups in total. The zero-order valence-corrected chi connectivity index (χ0v) is 15.3. The number of hydrogen-bond donors (Lipinski definition) is 2. The number of alkyl halides is 3. The molecular weight excluding hydrogens is 389 g/mol. The van der Waals surface area contributed by atoms with E-state index < -0.39 is 28.5 Å². The van der Waals surface area contributed by atoms with Crippen LogP contribution in [0.5, 0.6) is 0 Å². The fourth-order valence-corrected chi connectivity index (χ4v) is 3.34. The standard InChI is InChI=1S/C19H19F3N4O3/c20-19(21,22)14-5-1-2-6-15(14)23-24-18(27)13-9-11-25(12-10-13)16-7-3-4-8-17(16)26(28)29/h1-8,13,23H,9-12H2,(H,24,27). The Morgan fingerprint density at radius 3 is 2.34 bits per heavy atom. The van der Waals surface area contributed by atoms with E-state index in [2.05, 4.69) is 10.9 Å². The minimum Gasteiger partial charge on any atom is -0.366 e. The van der Waals surface area contributed by atoms with Crippen LogP contribution >= 0.6 is 0 Å². The number of para-hydroxylation sites is 3. The van der Waals surface area contributed by atoms with Gasteiger partial charge < -0.3 is 4.90 Å². The number of carbonyl (C=O) groups is 1. The highest BCUT2D eigenvalue weighted by molar-refractivity contribution is 5.80. The second-order valence-electron chi connectivity index (χ2n) is 6.66. The molecule has 0 aliphatic carbocycles. The van der Waals surface area contributed by atoms with Crippen molar-refractivity contribution >= 4 is 23.0 Å². The quantitative estimate of drug-likeness (QED) is 0.577. The summed E-state index contributed by atoms with van der Waals surface area (Å²) in [4.78, 5) is 24.9. The van der Waals surface area contributed by atoms with E-state index in [0.717, 1.165) is 6.07 Å². The number of nitrogens with zero attached hydrogens (tertiary/aromatic N) is 2. The van der Waals surface area contributed by atoms with Crippen molar-refractivity contribution in [2.24, 2.45) is 5.92 Å². The lowest BCUT2D eigenvalue weighted by Crippen LogP contribution is -2.42. The lowest BCUT2D eigenvalue weighted by molar-refractivity contribution is -0.384. The maximum absolute atomic E-state index is 13.0. The fourth-order valence-electron chi connectivity index (χ4n) is 3.34. The van der Waals surface area contributed by atoms with Gasteiger partial charge in [-0.05, 0) is 31.0 Å². The molecule has 7 nitrogen and oxygen atoms in total. The first-order chi connectivity index (χ1) is 13.8. The van der Waals surface area contributed by atoms with Gasteiger partial charge in [0.05, 0.1) is 16.2 Å². The Hall–Kier alpha value is -3.30. The van der Waals surface area contributed by atoms with Gasteiger partial charge in [-0.2, -0.15) is 13.2 Å². The smallest absolute Gasteiger partial charge is 0.366 e. The van der Waals surface area contributed by atoms with E-state index in [1.807, 2.05) is 4.90 Å². The van der Waals surface area contributed by atoms with Crippen molar-refractivity contribution in [1.29, 1.82) is 0 Å². The van der Waals surface area contributed by atoms with Crippen LogP contribution in [0.1, 0.15) is 18.4 Å². The van der Waals surface area contributed by atoms with Gasteiger partial charge in [0.2, 0.25) is 5.91 Å². The largest absolute Gasteiger partial charge is 0.418 e. The monoisotopic (exact) mass is 408 g/mol. The zero-order chi connectivity index (χ0) is 21.0. The minimum atomic E-state index is -4.54. The number of amides is 1. The van der Waals surface area contributed by atoms with Crippen molar-refractivity contribution in [1.82, 2.24) is 5.43 Å². The molecule has 2 aromatic rings. The van der Waals surface area contributed by atoms with Crippen LogP contribution in [0.3, 0.4) is 0 Å². The molecule has 1 amide bonds. The average molecular weight is 408 g/mol. The van der Waals surface area contributed by atoms with Crippen molar-refractivity contribution < 1.29 is 22.9 Å². The number of anilines is 2. The molecule has 3 rings (SSSR count). The van der Waals surface area contributed by atoms with Crippen molar-refractivity contribution in [2.75, 3.05) is 23.4 Å². The Balaban J connectivity index is 1.59. The van der Waals surface area contributed by atoms with Crippen molar-refractivity contribution in [3.8, 4) is 0 Å². The normalized spacial score (nSPS) is 15.1. The van der Waals surface area contributed by atoms with Crippen LogP contribution in [-0.2, 0) is 11.0 Å². The number of nitro groups is 1. The number of halogens is 3. The number of carbonyl (C=O) groups excluding carboxylic acids is 1. The molecule has 0 radical (unpaired) electrons. The molecular formula is C19H19F3N4O3. The van der Waals surface area contributed by atoms with Crippen LogP contribution in [0.25, 0.3) is 0 Å². The van der Waals surface area contributed by atoms with Crippen molar-refractivity contribution in [2.45, 2.75) is 19.0 Å². The minimum absolute atomic E-state index is 0.000765. The molecule has 1 fully saturated rings. The molecule has 1 saturated heterocycles. The first kappa shape index (κ1) is 20.4. The van der Waals surface area contributed by atoms with Gasteiger partial charge in [-0.15, -0.1) is 0 Å². The molecule has 0 spiro atoms. The second-order valence-corrected chi connectivity index (χ2v) is 6.66. The number of nitrogens with one attached hydrogen (secondary N) is 2. The molecule has 2 aromatic carbocycles. The highest BCUT2D eigenvalue weighted by atomic mass is 19.4. The summed E-state index contributed by atoms with van der Waals surface area (Å²) < 4.78 is 39.0. The third kappa shape index (κ3) is 4.76. The number of hydrogen-bond acceptors (Lipinski definition) is 5. The predicted octanol–water partition coefficient (Wildman–Crippen LogP) is 3.97. The highest BCUT2D eigenvalue weighted by Crippen LogP contribution is 2.34. The summed E-state index contributed by atoms with van der Waals surface area (Å²) in [5, 5.41) is 11.2. The first-order valence-corrected chi connectivity index (χ1v) is 8.98. The van der Waals surface area contributed by atoms with E-state index in [0.29, 0.717) is 31.6 Å². The zero-order valence-electron chi connectivity index (χ0n) is 15.3. The molecule has 0 atom stereocenters. The highest BCUT2D eigenvalue weighted by Gasteiger charge is 2.33. The molecule has 1 heterocycles. The van der Waals surface area contributed by atoms with Gasteiger partial charge in [-0.25, -0.2) is 0 Å². The Labute approximate surface area is 164 Å². The Kier molecular flexibility index (Phi) is 5.90. The third-order valence-electron chi connectivity index (χ3n) is 4.84. The summed E-state index contributed by atoms with van der Waals surface area (Å²) in [6.07, 6.45) is -3.68. The number of rotatable bonds is 5. The lowest BCUT2D eigenvalue weighted by atomic mass is 9.95. The molecule has 29 heavy (non-hydrogen) atoms. The number of nitro benzene ring substituents is 1.